The molecule has 0 heterocycles. The molecule has 0 spiro atoms. The van der Waals surface area contributed by atoms with Crippen molar-refractivity contribution in [2.75, 3.05) is 12.3 Å². The number of nitrogens with zero attached hydrogens (tertiary/aromatic N) is 1. The Labute approximate surface area is 127 Å². The first kappa shape index (κ1) is 17.6. The Hall–Kier alpha value is -1.41. The number of alkyl halides is 3. The average molecular weight is 342 g/mol. The average Bonchev–Trinajstić information content (AvgIpc) is 2.36. The minimum Gasteiger partial charge on any atom is -0.480 e. The van der Waals surface area contributed by atoms with Crippen molar-refractivity contribution in [3.05, 3.63) is 34.9 Å². The highest BCUT2D eigenvalue weighted by molar-refractivity contribution is 8.00. The van der Waals surface area contributed by atoms with Gasteiger partial charge in [-0.2, -0.15) is 13.2 Å². The van der Waals surface area contributed by atoms with Gasteiger partial charge in [0.2, 0.25) is 5.91 Å². The van der Waals surface area contributed by atoms with Crippen LogP contribution in [-0.2, 0) is 16.1 Å². The van der Waals surface area contributed by atoms with Gasteiger partial charge in [0.1, 0.15) is 6.54 Å². The maximum Gasteiger partial charge on any atom is 0.442 e. The van der Waals surface area contributed by atoms with Crippen molar-refractivity contribution in [3.8, 4) is 0 Å². The van der Waals surface area contributed by atoms with E-state index in [-0.39, 0.29) is 6.54 Å². The van der Waals surface area contributed by atoms with E-state index >= 15 is 0 Å². The molecule has 0 saturated heterocycles. The maximum absolute atomic E-state index is 12.1. The van der Waals surface area contributed by atoms with E-state index < -0.39 is 41.4 Å². The predicted molar refractivity (Wildman–Crippen MR) is 73.0 cm³/mol. The molecule has 0 radical (unpaired) electrons. The molecule has 0 aromatic heterocycles. The lowest BCUT2D eigenvalue weighted by Crippen LogP contribution is -2.36. The zero-order valence-corrected chi connectivity index (χ0v) is 12.1. The van der Waals surface area contributed by atoms with Gasteiger partial charge in [-0.05, 0) is 29.5 Å². The second kappa shape index (κ2) is 7.56. The number of amides is 1. The van der Waals surface area contributed by atoms with Crippen LogP contribution >= 0.6 is 23.4 Å². The molecule has 0 saturated carbocycles. The Kier molecular flexibility index (Phi) is 6.35. The van der Waals surface area contributed by atoms with Gasteiger partial charge in [-0.1, -0.05) is 23.7 Å². The van der Waals surface area contributed by atoms with Gasteiger partial charge in [0.25, 0.3) is 0 Å². The van der Waals surface area contributed by atoms with Crippen LogP contribution in [0.3, 0.4) is 0 Å². The molecule has 116 valence electrons. The number of rotatable bonds is 6. The minimum absolute atomic E-state index is 0.0965. The van der Waals surface area contributed by atoms with E-state index in [9.17, 15) is 22.8 Å². The fraction of sp³-hybridized carbons (Fsp3) is 0.333. The van der Waals surface area contributed by atoms with E-state index in [2.05, 4.69) is 0 Å². The number of carbonyl (C=O) groups is 2. The number of aliphatic carboxylic acids is 1. The first-order valence-electron chi connectivity index (χ1n) is 5.62. The van der Waals surface area contributed by atoms with Crippen molar-refractivity contribution < 1.29 is 27.9 Å². The smallest absolute Gasteiger partial charge is 0.442 e. The summed E-state index contributed by atoms with van der Waals surface area (Å²) in [7, 11) is 0. The van der Waals surface area contributed by atoms with E-state index in [1.165, 1.54) is 0 Å². The van der Waals surface area contributed by atoms with E-state index in [0.717, 1.165) is 4.90 Å². The van der Waals surface area contributed by atoms with Crippen molar-refractivity contribution in [2.45, 2.75) is 12.1 Å². The molecule has 9 heteroatoms. The van der Waals surface area contributed by atoms with Crippen LogP contribution in [0.5, 0.6) is 0 Å². The Morgan fingerprint density at radius 1 is 1.24 bits per heavy atom. The Morgan fingerprint density at radius 3 is 2.29 bits per heavy atom. The lowest BCUT2D eigenvalue weighted by molar-refractivity contribution is -0.143. The number of benzene rings is 1. The summed E-state index contributed by atoms with van der Waals surface area (Å²) in [5.74, 6) is -3.05. The summed E-state index contributed by atoms with van der Waals surface area (Å²) < 4.78 is 36.2. The molecule has 0 unspecified atom stereocenters. The molecule has 1 aromatic rings. The van der Waals surface area contributed by atoms with Crippen LogP contribution in [0, 0.1) is 0 Å². The second-order valence-electron chi connectivity index (χ2n) is 4.00. The lowest BCUT2D eigenvalue weighted by Gasteiger charge is -2.21. The van der Waals surface area contributed by atoms with Crippen LogP contribution in [0.25, 0.3) is 0 Å². The first-order chi connectivity index (χ1) is 9.67. The van der Waals surface area contributed by atoms with E-state index in [1.807, 2.05) is 0 Å². The molecule has 0 bridgehead atoms. The summed E-state index contributed by atoms with van der Waals surface area (Å²) in [6.45, 7) is -0.763. The van der Waals surface area contributed by atoms with E-state index in [0.29, 0.717) is 10.6 Å². The van der Waals surface area contributed by atoms with Crippen molar-refractivity contribution >= 4 is 35.2 Å². The van der Waals surface area contributed by atoms with Gasteiger partial charge in [-0.25, -0.2) is 0 Å². The highest BCUT2D eigenvalue weighted by atomic mass is 35.5. The van der Waals surface area contributed by atoms with E-state index in [4.69, 9.17) is 16.7 Å². The summed E-state index contributed by atoms with van der Waals surface area (Å²) in [5.41, 5.74) is -3.96. The monoisotopic (exact) mass is 341 g/mol. The van der Waals surface area contributed by atoms with Gasteiger partial charge in [0.15, 0.2) is 0 Å². The molecule has 1 rings (SSSR count). The van der Waals surface area contributed by atoms with Crippen LogP contribution in [0.2, 0.25) is 5.02 Å². The van der Waals surface area contributed by atoms with Crippen LogP contribution in [0.15, 0.2) is 24.3 Å². The molecule has 4 nitrogen and oxygen atoms in total. The first-order valence-corrected chi connectivity index (χ1v) is 6.98. The highest BCUT2D eigenvalue weighted by Crippen LogP contribution is 2.30. The van der Waals surface area contributed by atoms with Crippen LogP contribution < -0.4 is 0 Å². The number of carboxylic acids is 1. The summed E-state index contributed by atoms with van der Waals surface area (Å²) in [4.78, 5) is 23.3. The summed E-state index contributed by atoms with van der Waals surface area (Å²) in [6.07, 6.45) is 0. The quantitative estimate of drug-likeness (QED) is 0.864. The number of thioether (sulfide) groups is 1. The van der Waals surface area contributed by atoms with Crippen molar-refractivity contribution in [3.63, 3.8) is 0 Å². The van der Waals surface area contributed by atoms with E-state index in [1.54, 1.807) is 24.3 Å². The van der Waals surface area contributed by atoms with Gasteiger partial charge in [-0.15, -0.1) is 0 Å². The maximum atomic E-state index is 12.1. The molecular formula is C12H11ClF3NO3S. The molecule has 21 heavy (non-hydrogen) atoms. The van der Waals surface area contributed by atoms with Crippen LogP contribution in [0.1, 0.15) is 5.56 Å². The SMILES string of the molecule is O=C(O)CN(Cc1ccc(Cl)cc1)C(=O)CSC(F)(F)F. The minimum atomic E-state index is -4.54. The summed E-state index contributed by atoms with van der Waals surface area (Å²) >= 11 is 5.20. The lowest BCUT2D eigenvalue weighted by atomic mass is 10.2. The molecule has 0 atom stereocenters. The normalized spacial score (nSPS) is 11.2. The molecule has 1 N–H and O–H groups in total. The molecule has 0 aliphatic rings. The van der Waals surface area contributed by atoms with Crippen molar-refractivity contribution in [1.82, 2.24) is 4.90 Å². The van der Waals surface area contributed by atoms with Crippen LogP contribution in [0.4, 0.5) is 13.2 Å². The van der Waals surface area contributed by atoms with Gasteiger partial charge in [0, 0.05) is 11.6 Å². The number of carbonyl (C=O) groups excluding carboxylic acids is 1. The molecule has 0 fully saturated rings. The second-order valence-corrected chi connectivity index (χ2v) is 5.48. The summed E-state index contributed by atoms with van der Waals surface area (Å²) in [5, 5.41) is 9.20. The number of hydrogen-bond donors (Lipinski definition) is 1. The topological polar surface area (TPSA) is 57.6 Å². The summed E-state index contributed by atoms with van der Waals surface area (Å²) in [6, 6.07) is 6.23. The predicted octanol–water partition coefficient (Wildman–Crippen LogP) is 3.01. The highest BCUT2D eigenvalue weighted by Gasteiger charge is 2.30. The molecule has 0 aliphatic carbocycles. The largest absolute Gasteiger partial charge is 0.480 e. The number of halogens is 4. The number of carboxylic acid groups (broad SMARTS) is 1. The molecule has 1 aromatic carbocycles. The standard InChI is InChI=1S/C12H11ClF3NO3S/c13-9-3-1-8(2-4-9)5-17(6-11(19)20)10(18)7-21-12(14,15)16/h1-4H,5-7H2,(H,19,20). The van der Waals surface area contributed by atoms with Gasteiger partial charge >= 0.3 is 11.5 Å². The van der Waals surface area contributed by atoms with Crippen molar-refractivity contribution in [2.24, 2.45) is 0 Å². The zero-order chi connectivity index (χ0) is 16.0. The fourth-order valence-electron chi connectivity index (χ4n) is 1.44. The van der Waals surface area contributed by atoms with Gasteiger partial charge in [-0.3, -0.25) is 9.59 Å². The van der Waals surface area contributed by atoms with Gasteiger partial charge in [0.05, 0.1) is 5.75 Å². The zero-order valence-electron chi connectivity index (χ0n) is 10.6. The molecule has 0 aliphatic heterocycles. The fourth-order valence-corrected chi connectivity index (χ4v) is 2.04. The van der Waals surface area contributed by atoms with Crippen LogP contribution in [-0.4, -0.2) is 39.7 Å². The Morgan fingerprint density at radius 2 is 1.81 bits per heavy atom. The third-order valence-electron chi connectivity index (χ3n) is 2.32. The molecular weight excluding hydrogens is 331 g/mol. The van der Waals surface area contributed by atoms with Gasteiger partial charge < -0.3 is 10.0 Å². The third-order valence-corrected chi connectivity index (χ3v) is 3.30. The Balaban J connectivity index is 2.72. The van der Waals surface area contributed by atoms with Crippen molar-refractivity contribution in [1.29, 1.82) is 0 Å². The third kappa shape index (κ3) is 7.24. The Bertz CT molecular complexity index is 507. The number of hydrogen-bond acceptors (Lipinski definition) is 3. The molecule has 1 amide bonds.